The number of anilines is 1. The molecule has 1 saturated carbocycles. The van der Waals surface area contributed by atoms with E-state index in [1.54, 1.807) is 7.11 Å². The van der Waals surface area contributed by atoms with Crippen LogP contribution in [-0.4, -0.2) is 13.0 Å². The molecule has 0 bridgehead atoms. The van der Waals surface area contributed by atoms with Crippen LogP contribution >= 0.6 is 0 Å². The summed E-state index contributed by atoms with van der Waals surface area (Å²) in [6.07, 6.45) is 0.921. The van der Waals surface area contributed by atoms with E-state index < -0.39 is 0 Å². The number of carbonyl (C=O) groups is 1. The lowest BCUT2D eigenvalue weighted by Gasteiger charge is -2.11. The molecular weight excluding hydrogens is 262 g/mol. The van der Waals surface area contributed by atoms with E-state index in [1.807, 2.05) is 43.3 Å². The lowest BCUT2D eigenvalue weighted by Crippen LogP contribution is -2.15. The maximum absolute atomic E-state index is 12.4. The van der Waals surface area contributed by atoms with Crippen LogP contribution in [0.2, 0.25) is 0 Å². The molecule has 3 rings (SSSR count). The SMILES string of the molecule is COc1ccc(C)cc1NC(=O)[C@H]1C[C@H]1c1ccccc1. The zero-order valence-electron chi connectivity index (χ0n) is 12.3. The van der Waals surface area contributed by atoms with Crippen LogP contribution in [0.25, 0.3) is 0 Å². The summed E-state index contributed by atoms with van der Waals surface area (Å²) in [5, 5.41) is 3.00. The molecule has 21 heavy (non-hydrogen) atoms. The molecule has 1 fully saturated rings. The first kappa shape index (κ1) is 13.7. The number of rotatable bonds is 4. The van der Waals surface area contributed by atoms with Gasteiger partial charge in [-0.3, -0.25) is 4.79 Å². The first-order valence-corrected chi connectivity index (χ1v) is 7.19. The molecule has 108 valence electrons. The van der Waals surface area contributed by atoms with Gasteiger partial charge in [-0.15, -0.1) is 0 Å². The second-order valence-corrected chi connectivity index (χ2v) is 5.55. The van der Waals surface area contributed by atoms with Gasteiger partial charge < -0.3 is 10.1 Å². The van der Waals surface area contributed by atoms with Crippen molar-refractivity contribution in [1.29, 1.82) is 0 Å². The van der Waals surface area contributed by atoms with Crippen LogP contribution < -0.4 is 10.1 Å². The number of amides is 1. The first-order valence-electron chi connectivity index (χ1n) is 7.19. The Balaban J connectivity index is 1.70. The normalized spacial score (nSPS) is 19.9. The summed E-state index contributed by atoms with van der Waals surface area (Å²) in [7, 11) is 1.62. The Morgan fingerprint density at radius 3 is 2.67 bits per heavy atom. The Hall–Kier alpha value is -2.29. The Kier molecular flexibility index (Phi) is 3.65. The second kappa shape index (κ2) is 5.60. The molecule has 0 unspecified atom stereocenters. The molecule has 2 atom stereocenters. The van der Waals surface area contributed by atoms with Gasteiger partial charge >= 0.3 is 0 Å². The van der Waals surface area contributed by atoms with Crippen LogP contribution in [0.1, 0.15) is 23.5 Å². The van der Waals surface area contributed by atoms with Crippen molar-refractivity contribution in [2.24, 2.45) is 5.92 Å². The highest BCUT2D eigenvalue weighted by Gasteiger charge is 2.43. The predicted octanol–water partition coefficient (Wildman–Crippen LogP) is 3.75. The first-order chi connectivity index (χ1) is 10.2. The fourth-order valence-corrected chi connectivity index (χ4v) is 2.70. The van der Waals surface area contributed by atoms with Crippen molar-refractivity contribution in [3.63, 3.8) is 0 Å². The maximum Gasteiger partial charge on any atom is 0.228 e. The molecule has 3 heteroatoms. The summed E-state index contributed by atoms with van der Waals surface area (Å²) in [6, 6.07) is 16.0. The molecular formula is C18H19NO2. The summed E-state index contributed by atoms with van der Waals surface area (Å²) < 4.78 is 5.30. The monoisotopic (exact) mass is 281 g/mol. The highest BCUT2D eigenvalue weighted by Crippen LogP contribution is 2.48. The smallest absolute Gasteiger partial charge is 0.228 e. The average Bonchev–Trinajstić information content (AvgIpc) is 3.29. The summed E-state index contributed by atoms with van der Waals surface area (Å²) in [5.74, 6) is 1.19. The van der Waals surface area contributed by atoms with Crippen molar-refractivity contribution in [2.75, 3.05) is 12.4 Å². The van der Waals surface area contributed by atoms with Crippen LogP contribution in [0.4, 0.5) is 5.69 Å². The molecule has 0 aliphatic heterocycles. The van der Waals surface area contributed by atoms with Crippen LogP contribution in [0, 0.1) is 12.8 Å². The molecule has 1 amide bonds. The molecule has 2 aromatic carbocycles. The van der Waals surface area contributed by atoms with Crippen molar-refractivity contribution >= 4 is 11.6 Å². The minimum atomic E-state index is 0.0672. The lowest BCUT2D eigenvalue weighted by molar-refractivity contribution is -0.117. The molecule has 1 N–H and O–H groups in total. The van der Waals surface area contributed by atoms with E-state index in [1.165, 1.54) is 5.56 Å². The lowest BCUT2D eigenvalue weighted by atomic mass is 10.1. The van der Waals surface area contributed by atoms with Crippen LogP contribution in [0.15, 0.2) is 48.5 Å². The minimum Gasteiger partial charge on any atom is -0.495 e. The number of nitrogens with one attached hydrogen (secondary N) is 1. The Morgan fingerprint density at radius 2 is 1.95 bits per heavy atom. The van der Waals surface area contributed by atoms with E-state index in [9.17, 15) is 4.79 Å². The van der Waals surface area contributed by atoms with Crippen molar-refractivity contribution in [2.45, 2.75) is 19.3 Å². The van der Waals surface area contributed by atoms with Gasteiger partial charge in [0.1, 0.15) is 5.75 Å². The van der Waals surface area contributed by atoms with Crippen molar-refractivity contribution < 1.29 is 9.53 Å². The fraction of sp³-hybridized carbons (Fsp3) is 0.278. The molecule has 0 saturated heterocycles. The van der Waals surface area contributed by atoms with E-state index in [-0.39, 0.29) is 11.8 Å². The van der Waals surface area contributed by atoms with Crippen molar-refractivity contribution in [3.8, 4) is 5.75 Å². The summed E-state index contributed by atoms with van der Waals surface area (Å²) in [5.41, 5.74) is 3.09. The summed E-state index contributed by atoms with van der Waals surface area (Å²) in [6.45, 7) is 2.00. The van der Waals surface area contributed by atoms with Gasteiger partial charge in [0.15, 0.2) is 0 Å². The van der Waals surface area contributed by atoms with E-state index in [4.69, 9.17) is 4.74 Å². The molecule has 0 spiro atoms. The Labute approximate surface area is 124 Å². The van der Waals surface area contributed by atoms with Crippen LogP contribution in [-0.2, 0) is 4.79 Å². The van der Waals surface area contributed by atoms with Crippen molar-refractivity contribution in [3.05, 3.63) is 59.7 Å². The third-order valence-corrected chi connectivity index (χ3v) is 3.97. The molecule has 0 radical (unpaired) electrons. The molecule has 2 aromatic rings. The number of benzene rings is 2. The quantitative estimate of drug-likeness (QED) is 0.927. The third-order valence-electron chi connectivity index (χ3n) is 3.97. The van der Waals surface area contributed by atoms with Gasteiger partial charge in [-0.05, 0) is 42.5 Å². The number of hydrogen-bond acceptors (Lipinski definition) is 2. The number of carbonyl (C=O) groups excluding carboxylic acids is 1. The number of aryl methyl sites for hydroxylation is 1. The second-order valence-electron chi connectivity index (χ2n) is 5.55. The van der Waals surface area contributed by atoms with Crippen LogP contribution in [0.3, 0.4) is 0 Å². The Bertz CT molecular complexity index is 652. The van der Waals surface area contributed by atoms with E-state index in [0.29, 0.717) is 11.7 Å². The van der Waals surface area contributed by atoms with Gasteiger partial charge in [0.25, 0.3) is 0 Å². The zero-order valence-corrected chi connectivity index (χ0v) is 12.3. The maximum atomic E-state index is 12.4. The Morgan fingerprint density at radius 1 is 1.19 bits per heavy atom. The largest absolute Gasteiger partial charge is 0.495 e. The van der Waals surface area contributed by atoms with Gasteiger partial charge in [0, 0.05) is 5.92 Å². The van der Waals surface area contributed by atoms with Gasteiger partial charge in [0.05, 0.1) is 12.8 Å². The zero-order chi connectivity index (χ0) is 14.8. The summed E-state index contributed by atoms with van der Waals surface area (Å²) >= 11 is 0. The van der Waals surface area contributed by atoms with E-state index in [2.05, 4.69) is 17.4 Å². The van der Waals surface area contributed by atoms with E-state index in [0.717, 1.165) is 17.7 Å². The standard InChI is InChI=1S/C18H19NO2/c1-12-8-9-17(21-2)16(10-12)19-18(20)15-11-14(15)13-6-4-3-5-7-13/h3-10,14-15H,11H2,1-2H3,(H,19,20)/t14-,15-/m0/s1. The predicted molar refractivity (Wildman–Crippen MR) is 83.7 cm³/mol. The fourth-order valence-electron chi connectivity index (χ4n) is 2.70. The number of methoxy groups -OCH3 is 1. The van der Waals surface area contributed by atoms with Gasteiger partial charge in [0.2, 0.25) is 5.91 Å². The topological polar surface area (TPSA) is 38.3 Å². The minimum absolute atomic E-state index is 0.0672. The van der Waals surface area contributed by atoms with E-state index >= 15 is 0 Å². The molecule has 1 aliphatic carbocycles. The highest BCUT2D eigenvalue weighted by atomic mass is 16.5. The third kappa shape index (κ3) is 2.92. The highest BCUT2D eigenvalue weighted by molar-refractivity contribution is 5.96. The van der Waals surface area contributed by atoms with Crippen molar-refractivity contribution in [1.82, 2.24) is 0 Å². The van der Waals surface area contributed by atoms with Gasteiger partial charge in [-0.25, -0.2) is 0 Å². The summed E-state index contributed by atoms with van der Waals surface area (Å²) in [4.78, 5) is 12.4. The number of ether oxygens (including phenoxy) is 1. The average molecular weight is 281 g/mol. The van der Waals surface area contributed by atoms with Gasteiger partial charge in [-0.2, -0.15) is 0 Å². The molecule has 0 heterocycles. The van der Waals surface area contributed by atoms with Gasteiger partial charge in [-0.1, -0.05) is 36.4 Å². The van der Waals surface area contributed by atoms with Crippen LogP contribution in [0.5, 0.6) is 5.75 Å². The molecule has 3 nitrogen and oxygen atoms in total. The molecule has 1 aliphatic rings. The molecule has 0 aromatic heterocycles. The number of hydrogen-bond donors (Lipinski definition) is 1.